The van der Waals surface area contributed by atoms with E-state index in [1.165, 1.54) is 0 Å². The number of nitrogens with two attached hydrogens (primary N) is 1. The number of carbonyl (C=O) groups excluding carboxylic acids is 1. The third kappa shape index (κ3) is 3.59. The van der Waals surface area contributed by atoms with Crippen LogP contribution in [-0.2, 0) is 4.79 Å². The van der Waals surface area contributed by atoms with Gasteiger partial charge in [0.05, 0.1) is 5.92 Å². The molecular formula is C13H19N3O. The Morgan fingerprint density at radius 3 is 2.71 bits per heavy atom. The normalized spacial score (nSPS) is 13.2. The molecule has 0 saturated heterocycles. The minimum atomic E-state index is -0.234. The number of rotatable bonds is 3. The van der Waals surface area contributed by atoms with Gasteiger partial charge in [0.25, 0.3) is 0 Å². The van der Waals surface area contributed by atoms with Crippen molar-refractivity contribution in [2.75, 3.05) is 6.54 Å². The van der Waals surface area contributed by atoms with E-state index < -0.39 is 0 Å². The van der Waals surface area contributed by atoms with Crippen molar-refractivity contribution in [3.63, 3.8) is 0 Å². The SMILES string of the molecule is CCN=C(N)NC(=O)C(C)c1ccccc1C. The molecule has 0 aliphatic rings. The van der Waals surface area contributed by atoms with Gasteiger partial charge in [-0.15, -0.1) is 0 Å². The van der Waals surface area contributed by atoms with Crippen molar-refractivity contribution >= 4 is 11.9 Å². The molecule has 0 spiro atoms. The smallest absolute Gasteiger partial charge is 0.233 e. The predicted octanol–water partition coefficient (Wildman–Crippen LogP) is 1.55. The van der Waals surface area contributed by atoms with Gasteiger partial charge in [-0.2, -0.15) is 0 Å². The molecule has 17 heavy (non-hydrogen) atoms. The lowest BCUT2D eigenvalue weighted by Crippen LogP contribution is -2.39. The summed E-state index contributed by atoms with van der Waals surface area (Å²) in [5.74, 6) is -0.186. The average molecular weight is 233 g/mol. The van der Waals surface area contributed by atoms with E-state index in [1.54, 1.807) is 0 Å². The van der Waals surface area contributed by atoms with Crippen LogP contribution < -0.4 is 11.1 Å². The Hall–Kier alpha value is -1.84. The Bertz CT molecular complexity index is 426. The summed E-state index contributed by atoms with van der Waals surface area (Å²) < 4.78 is 0. The van der Waals surface area contributed by atoms with Crippen LogP contribution in [0.2, 0.25) is 0 Å². The number of nitrogens with zero attached hydrogens (tertiary/aromatic N) is 1. The summed E-state index contributed by atoms with van der Waals surface area (Å²) in [5.41, 5.74) is 7.66. The molecule has 1 aromatic rings. The molecule has 3 N–H and O–H groups in total. The molecule has 1 atom stereocenters. The van der Waals surface area contributed by atoms with E-state index in [-0.39, 0.29) is 17.8 Å². The molecule has 0 radical (unpaired) electrons. The molecule has 0 aromatic heterocycles. The number of nitrogens with one attached hydrogen (secondary N) is 1. The standard InChI is InChI=1S/C13H19N3O/c1-4-15-13(14)16-12(17)10(3)11-8-6-5-7-9(11)2/h5-8,10H,4H2,1-3H3,(H3,14,15,16,17). The number of aliphatic imine (C=N–C) groups is 1. The zero-order valence-corrected chi connectivity index (χ0v) is 10.5. The summed E-state index contributed by atoms with van der Waals surface area (Å²) >= 11 is 0. The van der Waals surface area contributed by atoms with Gasteiger partial charge in [0.15, 0.2) is 5.96 Å². The minimum Gasteiger partial charge on any atom is -0.370 e. The first-order valence-corrected chi connectivity index (χ1v) is 5.72. The Morgan fingerprint density at radius 1 is 1.47 bits per heavy atom. The highest BCUT2D eigenvalue weighted by atomic mass is 16.2. The second-order valence-corrected chi connectivity index (χ2v) is 3.93. The van der Waals surface area contributed by atoms with Crippen molar-refractivity contribution in [1.29, 1.82) is 0 Å². The monoisotopic (exact) mass is 233 g/mol. The Balaban J connectivity index is 2.77. The molecule has 1 amide bonds. The Morgan fingerprint density at radius 2 is 2.12 bits per heavy atom. The lowest BCUT2D eigenvalue weighted by atomic mass is 9.96. The van der Waals surface area contributed by atoms with Crippen molar-refractivity contribution in [3.8, 4) is 0 Å². The highest BCUT2D eigenvalue weighted by Crippen LogP contribution is 2.18. The molecule has 1 unspecified atom stereocenters. The molecule has 0 aliphatic heterocycles. The first-order valence-electron chi connectivity index (χ1n) is 5.72. The van der Waals surface area contributed by atoms with Crippen LogP contribution in [0.1, 0.15) is 30.9 Å². The van der Waals surface area contributed by atoms with Crippen molar-refractivity contribution in [2.45, 2.75) is 26.7 Å². The minimum absolute atomic E-state index is 0.131. The molecule has 0 saturated carbocycles. The van der Waals surface area contributed by atoms with Crippen LogP contribution in [-0.4, -0.2) is 18.4 Å². The van der Waals surface area contributed by atoms with Crippen LogP contribution >= 0.6 is 0 Å². The molecule has 0 aliphatic carbocycles. The first kappa shape index (κ1) is 13.2. The number of hydrogen-bond donors (Lipinski definition) is 2. The number of guanidine groups is 1. The molecule has 4 nitrogen and oxygen atoms in total. The fourth-order valence-corrected chi connectivity index (χ4v) is 1.66. The molecule has 4 heteroatoms. The third-order valence-corrected chi connectivity index (χ3v) is 2.63. The molecule has 1 rings (SSSR count). The van der Waals surface area contributed by atoms with Gasteiger partial charge in [0.1, 0.15) is 0 Å². The van der Waals surface area contributed by atoms with Crippen molar-refractivity contribution in [3.05, 3.63) is 35.4 Å². The summed E-state index contributed by atoms with van der Waals surface area (Å²) in [6.45, 7) is 6.27. The molecule has 0 heterocycles. The summed E-state index contributed by atoms with van der Waals surface area (Å²) in [5, 5.41) is 2.60. The van der Waals surface area contributed by atoms with E-state index in [0.29, 0.717) is 6.54 Å². The molecule has 1 aromatic carbocycles. The highest BCUT2D eigenvalue weighted by molar-refractivity contribution is 5.99. The maximum absolute atomic E-state index is 11.9. The quantitative estimate of drug-likeness (QED) is 0.614. The van der Waals surface area contributed by atoms with Gasteiger partial charge in [-0.25, -0.2) is 0 Å². The predicted molar refractivity (Wildman–Crippen MR) is 69.9 cm³/mol. The molecule has 0 fully saturated rings. The molecule has 0 bridgehead atoms. The number of amides is 1. The second kappa shape index (κ2) is 6.03. The zero-order chi connectivity index (χ0) is 12.8. The number of benzene rings is 1. The fourth-order valence-electron chi connectivity index (χ4n) is 1.66. The van der Waals surface area contributed by atoms with Gasteiger partial charge in [-0.05, 0) is 31.9 Å². The van der Waals surface area contributed by atoms with Crippen LogP contribution in [0.5, 0.6) is 0 Å². The molecule has 92 valence electrons. The number of aryl methyl sites for hydroxylation is 1. The zero-order valence-electron chi connectivity index (χ0n) is 10.5. The number of carbonyl (C=O) groups is 1. The van der Waals surface area contributed by atoms with E-state index in [1.807, 2.05) is 45.0 Å². The Kier molecular flexibility index (Phi) is 4.69. The first-order chi connectivity index (χ1) is 8.06. The van der Waals surface area contributed by atoms with Crippen LogP contribution in [0.3, 0.4) is 0 Å². The lowest BCUT2D eigenvalue weighted by Gasteiger charge is -2.14. The van der Waals surface area contributed by atoms with Gasteiger partial charge < -0.3 is 5.73 Å². The summed E-state index contributed by atoms with van der Waals surface area (Å²) in [4.78, 5) is 15.8. The highest BCUT2D eigenvalue weighted by Gasteiger charge is 2.17. The second-order valence-electron chi connectivity index (χ2n) is 3.93. The van der Waals surface area contributed by atoms with E-state index >= 15 is 0 Å². The number of hydrogen-bond acceptors (Lipinski definition) is 2. The average Bonchev–Trinajstić information content (AvgIpc) is 2.29. The van der Waals surface area contributed by atoms with Gasteiger partial charge in [-0.3, -0.25) is 15.1 Å². The lowest BCUT2D eigenvalue weighted by molar-refractivity contribution is -0.120. The maximum atomic E-state index is 11.9. The van der Waals surface area contributed by atoms with E-state index in [4.69, 9.17) is 5.73 Å². The third-order valence-electron chi connectivity index (χ3n) is 2.63. The fraction of sp³-hybridized carbons (Fsp3) is 0.385. The maximum Gasteiger partial charge on any atom is 0.233 e. The van der Waals surface area contributed by atoms with Gasteiger partial charge in [0.2, 0.25) is 5.91 Å². The van der Waals surface area contributed by atoms with Crippen molar-refractivity contribution in [1.82, 2.24) is 5.32 Å². The van der Waals surface area contributed by atoms with E-state index in [9.17, 15) is 4.79 Å². The van der Waals surface area contributed by atoms with E-state index in [0.717, 1.165) is 11.1 Å². The summed E-state index contributed by atoms with van der Waals surface area (Å²) in [6, 6.07) is 7.82. The topological polar surface area (TPSA) is 67.5 Å². The molecular weight excluding hydrogens is 214 g/mol. The largest absolute Gasteiger partial charge is 0.370 e. The van der Waals surface area contributed by atoms with Crippen LogP contribution in [0.25, 0.3) is 0 Å². The Labute approximate surface area is 102 Å². The van der Waals surface area contributed by atoms with Gasteiger partial charge in [0, 0.05) is 6.54 Å². The van der Waals surface area contributed by atoms with Crippen LogP contribution in [0.4, 0.5) is 0 Å². The van der Waals surface area contributed by atoms with Crippen LogP contribution in [0, 0.1) is 6.92 Å². The van der Waals surface area contributed by atoms with Crippen molar-refractivity contribution in [2.24, 2.45) is 10.7 Å². The summed E-state index contributed by atoms with van der Waals surface area (Å²) in [6.07, 6.45) is 0. The van der Waals surface area contributed by atoms with Crippen molar-refractivity contribution < 1.29 is 4.79 Å². The van der Waals surface area contributed by atoms with Gasteiger partial charge >= 0.3 is 0 Å². The van der Waals surface area contributed by atoms with Gasteiger partial charge in [-0.1, -0.05) is 24.3 Å². The van der Waals surface area contributed by atoms with Crippen LogP contribution in [0.15, 0.2) is 29.3 Å². The van der Waals surface area contributed by atoms with E-state index in [2.05, 4.69) is 10.3 Å². The summed E-state index contributed by atoms with van der Waals surface area (Å²) in [7, 11) is 0.